The lowest BCUT2D eigenvalue weighted by Crippen LogP contribution is -2.32. The van der Waals surface area contributed by atoms with Gasteiger partial charge < -0.3 is 15.0 Å². The van der Waals surface area contributed by atoms with Gasteiger partial charge in [-0.2, -0.15) is 0 Å². The van der Waals surface area contributed by atoms with E-state index in [9.17, 15) is 0 Å². The molecule has 2 rings (SSSR count). The van der Waals surface area contributed by atoms with Gasteiger partial charge in [0.15, 0.2) is 0 Å². The third-order valence-corrected chi connectivity index (χ3v) is 4.40. The number of likely N-dealkylation sites (tertiary alicyclic amines) is 1. The minimum absolute atomic E-state index is 0.726. The fraction of sp³-hybridized carbons (Fsp3) is 0.625. The van der Waals surface area contributed by atoms with Crippen molar-refractivity contribution in [3.05, 3.63) is 28.7 Å². The van der Waals surface area contributed by atoms with Crippen molar-refractivity contribution in [2.75, 3.05) is 39.8 Å². The molecule has 0 radical (unpaired) electrons. The Balaban J connectivity index is 1.49. The number of halogens is 1. The van der Waals surface area contributed by atoms with Crippen LogP contribution >= 0.6 is 15.9 Å². The molecule has 1 fully saturated rings. The van der Waals surface area contributed by atoms with Gasteiger partial charge in [-0.1, -0.05) is 22.0 Å². The van der Waals surface area contributed by atoms with E-state index in [0.717, 1.165) is 35.8 Å². The van der Waals surface area contributed by atoms with Crippen LogP contribution in [0.1, 0.15) is 19.3 Å². The molecule has 1 aromatic rings. The second-order valence-corrected chi connectivity index (χ2v) is 6.51. The number of hydrogen-bond acceptors (Lipinski definition) is 3. The smallest absolute Gasteiger partial charge is 0.120 e. The maximum absolute atomic E-state index is 5.69. The Morgan fingerprint density at radius 2 is 2.10 bits per heavy atom. The fourth-order valence-corrected chi connectivity index (χ4v) is 2.96. The molecule has 1 N–H and O–H groups in total. The molecule has 0 saturated carbocycles. The molecule has 0 spiro atoms. The van der Waals surface area contributed by atoms with E-state index in [1.54, 1.807) is 0 Å². The van der Waals surface area contributed by atoms with Gasteiger partial charge in [-0.15, -0.1) is 0 Å². The maximum Gasteiger partial charge on any atom is 0.120 e. The largest absolute Gasteiger partial charge is 0.492 e. The first-order valence-corrected chi connectivity index (χ1v) is 8.31. The predicted octanol–water partition coefficient (Wildman–Crippen LogP) is 3.15. The zero-order valence-corrected chi connectivity index (χ0v) is 13.9. The van der Waals surface area contributed by atoms with Crippen molar-refractivity contribution in [3.63, 3.8) is 0 Å². The standard InChI is InChI=1S/C16H25BrN2O/c1-19-10-6-14(7-11-19)5-8-18-9-12-20-16-4-2-3-15(17)13-16/h2-4,13-14,18H,5-12H2,1H3. The van der Waals surface area contributed by atoms with Crippen LogP contribution in [0.2, 0.25) is 0 Å². The Kier molecular flexibility index (Phi) is 6.83. The Morgan fingerprint density at radius 1 is 1.30 bits per heavy atom. The lowest BCUT2D eigenvalue weighted by molar-refractivity contribution is 0.210. The van der Waals surface area contributed by atoms with Crippen LogP contribution in [-0.2, 0) is 0 Å². The van der Waals surface area contributed by atoms with Crippen LogP contribution in [0, 0.1) is 5.92 Å². The summed E-state index contributed by atoms with van der Waals surface area (Å²) in [5.41, 5.74) is 0. The van der Waals surface area contributed by atoms with Gasteiger partial charge in [0.05, 0.1) is 0 Å². The number of nitrogens with one attached hydrogen (secondary N) is 1. The van der Waals surface area contributed by atoms with E-state index in [4.69, 9.17) is 4.74 Å². The summed E-state index contributed by atoms with van der Waals surface area (Å²) in [5, 5.41) is 3.48. The van der Waals surface area contributed by atoms with Gasteiger partial charge in [0.25, 0.3) is 0 Å². The number of ether oxygens (including phenoxy) is 1. The SMILES string of the molecule is CN1CCC(CCNCCOc2cccc(Br)c2)CC1. The molecule has 0 atom stereocenters. The van der Waals surface area contributed by atoms with Crippen molar-refractivity contribution < 1.29 is 4.74 Å². The second kappa shape index (κ2) is 8.65. The average Bonchev–Trinajstić information content (AvgIpc) is 2.45. The van der Waals surface area contributed by atoms with Crippen LogP contribution in [0.25, 0.3) is 0 Å². The van der Waals surface area contributed by atoms with Gasteiger partial charge in [-0.25, -0.2) is 0 Å². The molecule has 1 saturated heterocycles. The first-order chi connectivity index (χ1) is 9.74. The van der Waals surface area contributed by atoms with Gasteiger partial charge in [0.2, 0.25) is 0 Å². The summed E-state index contributed by atoms with van der Waals surface area (Å²) in [7, 11) is 2.22. The van der Waals surface area contributed by atoms with Gasteiger partial charge in [-0.05, 0) is 70.1 Å². The van der Waals surface area contributed by atoms with Gasteiger partial charge in [0.1, 0.15) is 12.4 Å². The van der Waals surface area contributed by atoms with E-state index >= 15 is 0 Å². The van der Waals surface area contributed by atoms with Gasteiger partial charge in [-0.3, -0.25) is 0 Å². The number of hydrogen-bond donors (Lipinski definition) is 1. The highest BCUT2D eigenvalue weighted by molar-refractivity contribution is 9.10. The van der Waals surface area contributed by atoms with Gasteiger partial charge in [0, 0.05) is 11.0 Å². The molecule has 112 valence electrons. The van der Waals surface area contributed by atoms with Crippen LogP contribution in [0.5, 0.6) is 5.75 Å². The summed E-state index contributed by atoms with van der Waals surface area (Å²) >= 11 is 3.45. The number of benzene rings is 1. The third-order valence-electron chi connectivity index (χ3n) is 3.91. The van der Waals surface area contributed by atoms with Crippen LogP contribution in [0.4, 0.5) is 0 Å². The molecular weight excluding hydrogens is 316 g/mol. The molecule has 0 aliphatic carbocycles. The Labute approximate surface area is 130 Å². The number of rotatable bonds is 7. The quantitative estimate of drug-likeness (QED) is 0.771. The molecule has 1 aliphatic rings. The fourth-order valence-electron chi connectivity index (χ4n) is 2.58. The van der Waals surface area contributed by atoms with Gasteiger partial charge >= 0.3 is 0 Å². The predicted molar refractivity (Wildman–Crippen MR) is 87.3 cm³/mol. The summed E-state index contributed by atoms with van der Waals surface area (Å²) in [6, 6.07) is 7.99. The van der Waals surface area contributed by atoms with Crippen molar-refractivity contribution >= 4 is 15.9 Å². The first-order valence-electron chi connectivity index (χ1n) is 7.51. The maximum atomic E-state index is 5.69. The number of nitrogens with zero attached hydrogens (tertiary/aromatic N) is 1. The van der Waals surface area contributed by atoms with E-state index in [2.05, 4.69) is 33.2 Å². The van der Waals surface area contributed by atoms with Crippen LogP contribution in [0.15, 0.2) is 28.7 Å². The van der Waals surface area contributed by atoms with Crippen molar-refractivity contribution in [3.8, 4) is 5.75 Å². The topological polar surface area (TPSA) is 24.5 Å². The molecule has 1 aromatic carbocycles. The Hall–Kier alpha value is -0.580. The summed E-state index contributed by atoms with van der Waals surface area (Å²) in [6.07, 6.45) is 4.00. The van der Waals surface area contributed by atoms with E-state index in [0.29, 0.717) is 0 Å². The molecular formula is C16H25BrN2O. The third kappa shape index (κ3) is 5.81. The Morgan fingerprint density at radius 3 is 2.85 bits per heavy atom. The molecule has 3 nitrogen and oxygen atoms in total. The van der Waals surface area contributed by atoms with Crippen molar-refractivity contribution in [1.29, 1.82) is 0 Å². The van der Waals surface area contributed by atoms with Crippen molar-refractivity contribution in [2.45, 2.75) is 19.3 Å². The molecule has 20 heavy (non-hydrogen) atoms. The van der Waals surface area contributed by atoms with E-state index in [-0.39, 0.29) is 0 Å². The minimum Gasteiger partial charge on any atom is -0.492 e. The van der Waals surface area contributed by atoms with Crippen molar-refractivity contribution in [1.82, 2.24) is 10.2 Å². The summed E-state index contributed by atoms with van der Waals surface area (Å²) < 4.78 is 6.75. The molecule has 0 amide bonds. The summed E-state index contributed by atoms with van der Waals surface area (Å²) in [5.74, 6) is 1.83. The minimum atomic E-state index is 0.726. The van der Waals surface area contributed by atoms with E-state index in [1.165, 1.54) is 32.4 Å². The first kappa shape index (κ1) is 15.8. The zero-order chi connectivity index (χ0) is 14.2. The Bertz CT molecular complexity index is 392. The highest BCUT2D eigenvalue weighted by Gasteiger charge is 2.15. The zero-order valence-electron chi connectivity index (χ0n) is 12.3. The normalized spacial score (nSPS) is 17.3. The highest BCUT2D eigenvalue weighted by atomic mass is 79.9. The van der Waals surface area contributed by atoms with E-state index < -0.39 is 0 Å². The molecule has 4 heteroatoms. The van der Waals surface area contributed by atoms with Crippen LogP contribution < -0.4 is 10.1 Å². The van der Waals surface area contributed by atoms with Crippen LogP contribution in [0.3, 0.4) is 0 Å². The lowest BCUT2D eigenvalue weighted by atomic mass is 9.94. The van der Waals surface area contributed by atoms with Crippen LogP contribution in [-0.4, -0.2) is 44.7 Å². The molecule has 0 bridgehead atoms. The molecule has 0 unspecified atom stereocenters. The molecule has 0 aromatic heterocycles. The summed E-state index contributed by atoms with van der Waals surface area (Å²) in [6.45, 7) is 5.27. The lowest BCUT2D eigenvalue weighted by Gasteiger charge is -2.28. The molecule has 1 heterocycles. The number of piperidine rings is 1. The van der Waals surface area contributed by atoms with E-state index in [1.807, 2.05) is 24.3 Å². The van der Waals surface area contributed by atoms with Crippen molar-refractivity contribution in [2.24, 2.45) is 5.92 Å². The monoisotopic (exact) mass is 340 g/mol. The molecule has 1 aliphatic heterocycles. The highest BCUT2D eigenvalue weighted by Crippen LogP contribution is 2.19. The average molecular weight is 341 g/mol. The second-order valence-electron chi connectivity index (χ2n) is 5.59. The summed E-state index contributed by atoms with van der Waals surface area (Å²) in [4.78, 5) is 2.43.